The molecule has 2 heterocycles. The summed E-state index contributed by atoms with van der Waals surface area (Å²) >= 11 is 1.55. The second kappa shape index (κ2) is 12.3. The Kier molecular flexibility index (Phi) is 8.11. The number of rotatable bonds is 7. The molecule has 1 N–H and O–H groups in total. The van der Waals surface area contributed by atoms with Gasteiger partial charge in [-0.2, -0.15) is 5.10 Å². The number of aryl methyl sites for hydroxylation is 2. The Morgan fingerprint density at radius 2 is 1.67 bits per heavy atom. The Labute approximate surface area is 254 Å². The quantitative estimate of drug-likeness (QED) is 0.227. The Bertz CT molecular complexity index is 1770. The van der Waals surface area contributed by atoms with Crippen molar-refractivity contribution in [1.29, 1.82) is 0 Å². The van der Waals surface area contributed by atoms with Gasteiger partial charge in [-0.05, 0) is 49.2 Å². The zero-order chi connectivity index (χ0) is 29.9. The normalized spacial score (nSPS) is 14.7. The molecule has 4 aromatic carbocycles. The number of nitrogens with one attached hydrogen (secondary N) is 1. The van der Waals surface area contributed by atoms with Gasteiger partial charge in [-0.25, -0.2) is 9.07 Å². The second-order valence-electron chi connectivity index (χ2n) is 10.7. The minimum absolute atomic E-state index is 0.175. The molecule has 1 aliphatic heterocycles. The molecule has 0 saturated heterocycles. The van der Waals surface area contributed by atoms with Crippen LogP contribution in [0.1, 0.15) is 33.1 Å². The molecule has 43 heavy (non-hydrogen) atoms. The number of fused-ring (bicyclic) bond motifs is 1. The summed E-state index contributed by atoms with van der Waals surface area (Å²) in [4.78, 5) is 28.8. The van der Waals surface area contributed by atoms with Crippen LogP contribution in [0.3, 0.4) is 0 Å². The molecular formula is C35H31FN4O2S. The fourth-order valence-corrected chi connectivity index (χ4v) is 6.48. The third kappa shape index (κ3) is 6.10. The monoisotopic (exact) mass is 590 g/mol. The number of aromatic nitrogens is 2. The van der Waals surface area contributed by atoms with Crippen LogP contribution in [0.5, 0.6) is 0 Å². The van der Waals surface area contributed by atoms with E-state index in [4.69, 9.17) is 5.10 Å². The summed E-state index contributed by atoms with van der Waals surface area (Å²) in [5, 5.41) is 7.85. The molecule has 2 amide bonds. The first-order valence-electron chi connectivity index (χ1n) is 14.1. The molecule has 216 valence electrons. The van der Waals surface area contributed by atoms with E-state index in [0.717, 1.165) is 44.8 Å². The first-order chi connectivity index (χ1) is 20.9. The van der Waals surface area contributed by atoms with Crippen LogP contribution in [0.15, 0.2) is 103 Å². The van der Waals surface area contributed by atoms with Crippen molar-refractivity contribution in [2.24, 2.45) is 0 Å². The van der Waals surface area contributed by atoms with Gasteiger partial charge in [-0.1, -0.05) is 90.0 Å². The number of anilines is 1. The third-order valence-corrected chi connectivity index (χ3v) is 8.72. The van der Waals surface area contributed by atoms with Gasteiger partial charge in [0, 0.05) is 17.7 Å². The van der Waals surface area contributed by atoms with Gasteiger partial charge >= 0.3 is 0 Å². The van der Waals surface area contributed by atoms with E-state index in [-0.39, 0.29) is 41.7 Å². The summed E-state index contributed by atoms with van der Waals surface area (Å²) < 4.78 is 15.2. The maximum atomic E-state index is 13.9. The van der Waals surface area contributed by atoms with Gasteiger partial charge in [0.1, 0.15) is 18.2 Å². The summed E-state index contributed by atoms with van der Waals surface area (Å²) in [6.45, 7) is 4.12. The van der Waals surface area contributed by atoms with Gasteiger partial charge in [0.15, 0.2) is 0 Å². The molecule has 5 aromatic rings. The first kappa shape index (κ1) is 28.4. The summed E-state index contributed by atoms with van der Waals surface area (Å²) in [6.07, 6.45) is 0. The van der Waals surface area contributed by atoms with E-state index in [1.54, 1.807) is 33.5 Å². The highest BCUT2D eigenvalue weighted by atomic mass is 32.2. The van der Waals surface area contributed by atoms with Crippen LogP contribution in [0.2, 0.25) is 0 Å². The molecule has 1 aromatic heterocycles. The molecule has 0 bridgehead atoms. The van der Waals surface area contributed by atoms with Crippen LogP contribution in [-0.2, 0) is 16.1 Å². The number of halogens is 1. The van der Waals surface area contributed by atoms with E-state index in [2.05, 4.69) is 30.4 Å². The number of benzene rings is 4. The number of amides is 2. The van der Waals surface area contributed by atoms with Gasteiger partial charge < -0.3 is 5.32 Å². The molecule has 6 rings (SSSR count). The number of hydrogen-bond acceptors (Lipinski definition) is 4. The summed E-state index contributed by atoms with van der Waals surface area (Å²) in [7, 11) is 0. The van der Waals surface area contributed by atoms with Crippen LogP contribution in [-0.4, -0.2) is 33.9 Å². The van der Waals surface area contributed by atoms with Crippen molar-refractivity contribution in [3.63, 3.8) is 0 Å². The van der Waals surface area contributed by atoms with Gasteiger partial charge in [-0.3, -0.25) is 14.5 Å². The predicted octanol–water partition coefficient (Wildman–Crippen LogP) is 6.78. The maximum Gasteiger partial charge on any atom is 0.240 e. The minimum atomic E-state index is -0.336. The lowest BCUT2D eigenvalue weighted by molar-refractivity contribution is -0.123. The standard InChI is InChI=1S/C35H31FN4O2S/c1-23-11-17-29(18-12-23)40-35-32(33(38-40)26-8-4-3-5-9-26)34(27-10-6-7-24(2)19-27)43-22-31(42)39(35)21-30(41)37-20-25-13-15-28(36)16-14-25/h3-19,34H,20-22H2,1-2H3,(H,37,41). The van der Waals surface area contributed by atoms with Crippen LogP contribution in [0, 0.1) is 19.7 Å². The highest BCUT2D eigenvalue weighted by Crippen LogP contribution is 2.48. The Balaban J connectivity index is 1.49. The van der Waals surface area contributed by atoms with Crippen LogP contribution >= 0.6 is 11.8 Å². The van der Waals surface area contributed by atoms with Gasteiger partial charge in [0.25, 0.3) is 0 Å². The van der Waals surface area contributed by atoms with Crippen molar-refractivity contribution in [3.05, 3.63) is 137 Å². The lowest BCUT2D eigenvalue weighted by Gasteiger charge is -2.23. The van der Waals surface area contributed by atoms with Gasteiger partial charge in [0.2, 0.25) is 11.8 Å². The van der Waals surface area contributed by atoms with Gasteiger partial charge in [-0.15, -0.1) is 11.8 Å². The molecule has 1 unspecified atom stereocenters. The highest BCUT2D eigenvalue weighted by molar-refractivity contribution is 8.00. The molecule has 6 nitrogen and oxygen atoms in total. The Morgan fingerprint density at radius 3 is 2.40 bits per heavy atom. The predicted molar refractivity (Wildman–Crippen MR) is 170 cm³/mol. The molecule has 0 saturated carbocycles. The third-order valence-electron chi connectivity index (χ3n) is 7.46. The van der Waals surface area contributed by atoms with E-state index in [9.17, 15) is 14.0 Å². The average molecular weight is 591 g/mol. The van der Waals surface area contributed by atoms with Crippen molar-refractivity contribution in [2.45, 2.75) is 25.6 Å². The van der Waals surface area contributed by atoms with E-state index in [1.165, 1.54) is 12.1 Å². The number of nitrogens with zero attached hydrogens (tertiary/aromatic N) is 3. The van der Waals surface area contributed by atoms with Crippen molar-refractivity contribution >= 4 is 29.4 Å². The molecule has 0 fully saturated rings. The smallest absolute Gasteiger partial charge is 0.240 e. The molecule has 0 aliphatic carbocycles. The van der Waals surface area contributed by atoms with Crippen LogP contribution in [0.25, 0.3) is 16.9 Å². The Hall–Kier alpha value is -4.69. The summed E-state index contributed by atoms with van der Waals surface area (Å²) in [6, 6.07) is 32.2. The van der Waals surface area contributed by atoms with Crippen molar-refractivity contribution < 1.29 is 14.0 Å². The summed E-state index contributed by atoms with van der Waals surface area (Å²) in [5.74, 6) is -0.0503. The number of carbonyl (C=O) groups is 2. The van der Waals surface area contributed by atoms with Crippen molar-refractivity contribution in [3.8, 4) is 16.9 Å². The molecule has 1 aliphatic rings. The molecule has 0 spiro atoms. The number of thioether (sulfide) groups is 1. The fraction of sp³-hybridized carbons (Fsp3) is 0.171. The van der Waals surface area contributed by atoms with Crippen LogP contribution < -0.4 is 10.2 Å². The molecular weight excluding hydrogens is 559 g/mol. The van der Waals surface area contributed by atoms with E-state index < -0.39 is 0 Å². The largest absolute Gasteiger partial charge is 0.350 e. The maximum absolute atomic E-state index is 13.9. The lowest BCUT2D eigenvalue weighted by Crippen LogP contribution is -2.42. The molecule has 8 heteroatoms. The molecule has 1 atom stereocenters. The topological polar surface area (TPSA) is 67.2 Å². The highest BCUT2D eigenvalue weighted by Gasteiger charge is 2.37. The van der Waals surface area contributed by atoms with E-state index in [1.807, 2.05) is 67.6 Å². The zero-order valence-corrected chi connectivity index (χ0v) is 24.8. The van der Waals surface area contributed by atoms with Crippen molar-refractivity contribution in [2.75, 3.05) is 17.2 Å². The average Bonchev–Trinajstić information content (AvgIpc) is 3.34. The van der Waals surface area contributed by atoms with Gasteiger partial charge in [0.05, 0.1) is 22.4 Å². The zero-order valence-electron chi connectivity index (χ0n) is 24.0. The van der Waals surface area contributed by atoms with Crippen LogP contribution in [0.4, 0.5) is 10.2 Å². The molecule has 0 radical (unpaired) electrons. The van der Waals surface area contributed by atoms with E-state index >= 15 is 0 Å². The number of hydrogen-bond donors (Lipinski definition) is 1. The summed E-state index contributed by atoms with van der Waals surface area (Å²) in [5.41, 5.74) is 7.44. The Morgan fingerprint density at radius 1 is 0.930 bits per heavy atom. The second-order valence-corrected chi connectivity index (χ2v) is 11.8. The fourth-order valence-electron chi connectivity index (χ4n) is 5.29. The first-order valence-corrected chi connectivity index (χ1v) is 15.2. The van der Waals surface area contributed by atoms with E-state index in [0.29, 0.717) is 5.82 Å². The SMILES string of the molecule is Cc1ccc(-n2nc(-c3ccccc3)c3c2N(CC(=O)NCc2ccc(F)cc2)C(=O)CSC3c2cccc(C)c2)cc1. The lowest BCUT2D eigenvalue weighted by atomic mass is 9.98. The minimum Gasteiger partial charge on any atom is -0.350 e. The number of carbonyl (C=O) groups excluding carboxylic acids is 2. The van der Waals surface area contributed by atoms with Crippen molar-refractivity contribution in [1.82, 2.24) is 15.1 Å².